The standard InChI is InChI=1S/C14H27NO2/c1-3-4-5-15-7-11(9-16)12-6-14(17)10(2)13(12)8-15/h10-14,16-17H,3-9H2,1-2H3. The van der Waals surface area contributed by atoms with E-state index in [1.54, 1.807) is 0 Å². The number of hydrogen-bond donors (Lipinski definition) is 2. The summed E-state index contributed by atoms with van der Waals surface area (Å²) in [6, 6.07) is 0. The van der Waals surface area contributed by atoms with Crippen molar-refractivity contribution in [1.29, 1.82) is 0 Å². The van der Waals surface area contributed by atoms with Gasteiger partial charge in [-0.3, -0.25) is 0 Å². The molecular formula is C14H27NO2. The van der Waals surface area contributed by atoms with Crippen molar-refractivity contribution in [2.75, 3.05) is 26.2 Å². The molecule has 2 aliphatic rings. The number of fused-ring (bicyclic) bond motifs is 1. The van der Waals surface area contributed by atoms with E-state index in [2.05, 4.69) is 18.7 Å². The highest BCUT2D eigenvalue weighted by Crippen LogP contribution is 2.44. The lowest BCUT2D eigenvalue weighted by atomic mass is 9.78. The topological polar surface area (TPSA) is 43.7 Å². The first-order valence-electron chi connectivity index (χ1n) is 7.18. The summed E-state index contributed by atoms with van der Waals surface area (Å²) in [4.78, 5) is 2.50. The van der Waals surface area contributed by atoms with Crippen LogP contribution in [0.1, 0.15) is 33.1 Å². The number of unbranched alkanes of at least 4 members (excludes halogenated alkanes) is 1. The molecule has 100 valence electrons. The maximum atomic E-state index is 10.0. The Balaban J connectivity index is 2.00. The van der Waals surface area contributed by atoms with Gasteiger partial charge in [0.15, 0.2) is 0 Å². The van der Waals surface area contributed by atoms with Crippen molar-refractivity contribution in [3.63, 3.8) is 0 Å². The van der Waals surface area contributed by atoms with Gasteiger partial charge in [0.1, 0.15) is 0 Å². The van der Waals surface area contributed by atoms with Crippen LogP contribution in [0.2, 0.25) is 0 Å². The normalized spacial score (nSPS) is 42.7. The van der Waals surface area contributed by atoms with E-state index in [4.69, 9.17) is 0 Å². The van der Waals surface area contributed by atoms with Gasteiger partial charge < -0.3 is 15.1 Å². The fraction of sp³-hybridized carbons (Fsp3) is 1.00. The van der Waals surface area contributed by atoms with Crippen LogP contribution >= 0.6 is 0 Å². The fourth-order valence-electron chi connectivity index (χ4n) is 3.78. The van der Waals surface area contributed by atoms with Crippen molar-refractivity contribution in [3.8, 4) is 0 Å². The van der Waals surface area contributed by atoms with Crippen molar-refractivity contribution in [2.45, 2.75) is 39.2 Å². The number of rotatable bonds is 4. The molecule has 2 rings (SSSR count). The van der Waals surface area contributed by atoms with Gasteiger partial charge in [0.2, 0.25) is 0 Å². The lowest BCUT2D eigenvalue weighted by Gasteiger charge is -2.41. The molecule has 2 fully saturated rings. The summed E-state index contributed by atoms with van der Waals surface area (Å²) >= 11 is 0. The van der Waals surface area contributed by atoms with Crippen LogP contribution in [0.3, 0.4) is 0 Å². The first-order valence-corrected chi connectivity index (χ1v) is 7.18. The molecule has 5 atom stereocenters. The number of likely N-dealkylation sites (tertiary alicyclic amines) is 1. The SMILES string of the molecule is CCCCN1CC(CO)C2CC(O)C(C)C2C1. The summed E-state index contributed by atoms with van der Waals surface area (Å²) in [7, 11) is 0. The quantitative estimate of drug-likeness (QED) is 0.781. The molecule has 0 bridgehead atoms. The van der Waals surface area contributed by atoms with Crippen LogP contribution in [0.15, 0.2) is 0 Å². The highest BCUT2D eigenvalue weighted by atomic mass is 16.3. The molecule has 0 aromatic heterocycles. The Morgan fingerprint density at radius 1 is 1.24 bits per heavy atom. The lowest BCUT2D eigenvalue weighted by Crippen LogP contribution is -2.47. The molecule has 1 saturated carbocycles. The summed E-state index contributed by atoms with van der Waals surface area (Å²) < 4.78 is 0. The minimum atomic E-state index is -0.148. The van der Waals surface area contributed by atoms with Crippen LogP contribution in [0.25, 0.3) is 0 Å². The molecule has 2 N–H and O–H groups in total. The number of nitrogens with zero attached hydrogens (tertiary/aromatic N) is 1. The summed E-state index contributed by atoms with van der Waals surface area (Å²) in [6.45, 7) is 7.98. The van der Waals surface area contributed by atoms with Crippen molar-refractivity contribution in [2.24, 2.45) is 23.7 Å². The van der Waals surface area contributed by atoms with Gasteiger partial charge in [-0.2, -0.15) is 0 Å². The second-order valence-corrected chi connectivity index (χ2v) is 6.05. The van der Waals surface area contributed by atoms with Gasteiger partial charge in [0, 0.05) is 19.7 Å². The maximum Gasteiger partial charge on any atom is 0.0571 e. The number of aliphatic hydroxyl groups is 2. The smallest absolute Gasteiger partial charge is 0.0571 e. The first kappa shape index (κ1) is 13.3. The van der Waals surface area contributed by atoms with Gasteiger partial charge in [-0.05, 0) is 43.1 Å². The van der Waals surface area contributed by atoms with Gasteiger partial charge in [0.05, 0.1) is 6.10 Å². The molecule has 0 aromatic rings. The number of aliphatic hydroxyl groups excluding tert-OH is 2. The molecule has 0 aromatic carbocycles. The van der Waals surface area contributed by atoms with E-state index in [-0.39, 0.29) is 12.7 Å². The van der Waals surface area contributed by atoms with E-state index in [0.717, 1.165) is 26.1 Å². The Morgan fingerprint density at radius 3 is 2.65 bits per heavy atom. The molecule has 1 aliphatic heterocycles. The fourth-order valence-corrected chi connectivity index (χ4v) is 3.78. The Bertz CT molecular complexity index is 246. The first-order chi connectivity index (χ1) is 8.17. The summed E-state index contributed by atoms with van der Waals surface area (Å²) in [5, 5.41) is 19.5. The Hall–Kier alpha value is -0.120. The highest BCUT2D eigenvalue weighted by molar-refractivity contribution is 4.97. The third-order valence-corrected chi connectivity index (χ3v) is 4.98. The molecule has 5 unspecified atom stereocenters. The second-order valence-electron chi connectivity index (χ2n) is 6.05. The summed E-state index contributed by atoms with van der Waals surface area (Å²) in [5.74, 6) is 1.92. The van der Waals surface area contributed by atoms with E-state index in [1.807, 2.05) is 0 Å². The minimum absolute atomic E-state index is 0.148. The van der Waals surface area contributed by atoms with Crippen molar-refractivity contribution < 1.29 is 10.2 Å². The number of hydrogen-bond acceptors (Lipinski definition) is 3. The molecular weight excluding hydrogens is 214 g/mol. The van der Waals surface area contributed by atoms with Crippen LogP contribution in [-0.4, -0.2) is 47.5 Å². The molecule has 0 radical (unpaired) electrons. The number of piperidine rings is 1. The predicted octanol–water partition coefficient (Wildman–Crippen LogP) is 1.34. The zero-order chi connectivity index (χ0) is 12.4. The third kappa shape index (κ3) is 2.67. The van der Waals surface area contributed by atoms with E-state index >= 15 is 0 Å². The molecule has 0 spiro atoms. The predicted molar refractivity (Wildman–Crippen MR) is 68.7 cm³/mol. The van der Waals surface area contributed by atoms with E-state index < -0.39 is 0 Å². The van der Waals surface area contributed by atoms with Gasteiger partial charge >= 0.3 is 0 Å². The van der Waals surface area contributed by atoms with Crippen molar-refractivity contribution in [1.82, 2.24) is 4.90 Å². The molecule has 1 heterocycles. The van der Waals surface area contributed by atoms with Gasteiger partial charge in [-0.1, -0.05) is 20.3 Å². The van der Waals surface area contributed by atoms with Gasteiger partial charge in [-0.25, -0.2) is 0 Å². The molecule has 1 aliphatic carbocycles. The lowest BCUT2D eigenvalue weighted by molar-refractivity contribution is 0.0311. The summed E-state index contributed by atoms with van der Waals surface area (Å²) in [6.07, 6.45) is 3.22. The highest BCUT2D eigenvalue weighted by Gasteiger charge is 2.46. The monoisotopic (exact) mass is 241 g/mol. The maximum absolute atomic E-state index is 10.0. The van der Waals surface area contributed by atoms with E-state index in [9.17, 15) is 10.2 Å². The third-order valence-electron chi connectivity index (χ3n) is 4.98. The van der Waals surface area contributed by atoms with Gasteiger partial charge in [-0.15, -0.1) is 0 Å². The average Bonchev–Trinajstić information content (AvgIpc) is 2.62. The van der Waals surface area contributed by atoms with Crippen LogP contribution in [0.5, 0.6) is 0 Å². The molecule has 0 amide bonds. The van der Waals surface area contributed by atoms with Crippen molar-refractivity contribution in [3.05, 3.63) is 0 Å². The van der Waals surface area contributed by atoms with Crippen LogP contribution in [0, 0.1) is 23.7 Å². The average molecular weight is 241 g/mol. The Labute approximate surface area is 105 Å². The van der Waals surface area contributed by atoms with E-state index in [0.29, 0.717) is 23.7 Å². The minimum Gasteiger partial charge on any atom is -0.396 e. The Kier molecular flexibility index (Phi) is 4.45. The zero-order valence-electron chi connectivity index (χ0n) is 11.2. The molecule has 17 heavy (non-hydrogen) atoms. The van der Waals surface area contributed by atoms with Crippen LogP contribution < -0.4 is 0 Å². The van der Waals surface area contributed by atoms with Crippen LogP contribution in [0.4, 0.5) is 0 Å². The Morgan fingerprint density at radius 2 is 2.00 bits per heavy atom. The molecule has 3 heteroatoms. The molecule has 3 nitrogen and oxygen atoms in total. The van der Waals surface area contributed by atoms with Gasteiger partial charge in [0.25, 0.3) is 0 Å². The largest absolute Gasteiger partial charge is 0.396 e. The summed E-state index contributed by atoms with van der Waals surface area (Å²) in [5.41, 5.74) is 0. The second kappa shape index (κ2) is 5.68. The van der Waals surface area contributed by atoms with Crippen molar-refractivity contribution >= 4 is 0 Å². The van der Waals surface area contributed by atoms with E-state index in [1.165, 1.54) is 12.8 Å². The molecule has 1 saturated heterocycles. The van der Waals surface area contributed by atoms with Crippen LogP contribution in [-0.2, 0) is 0 Å². The zero-order valence-corrected chi connectivity index (χ0v) is 11.2.